The van der Waals surface area contributed by atoms with E-state index in [1.165, 1.54) is 6.07 Å². The molecule has 0 fully saturated rings. The van der Waals surface area contributed by atoms with Crippen LogP contribution in [0.1, 0.15) is 38.7 Å². The highest BCUT2D eigenvalue weighted by atomic mass is 19.1. The molecule has 1 aromatic heterocycles. The highest BCUT2D eigenvalue weighted by Crippen LogP contribution is 2.44. The third-order valence-corrected chi connectivity index (χ3v) is 6.97. The molecule has 0 amide bonds. The summed E-state index contributed by atoms with van der Waals surface area (Å²) in [6, 6.07) is 28.0. The van der Waals surface area contributed by atoms with Gasteiger partial charge in [0.15, 0.2) is 0 Å². The van der Waals surface area contributed by atoms with Gasteiger partial charge in [0.05, 0.1) is 5.92 Å². The lowest BCUT2D eigenvalue weighted by atomic mass is 9.83. The molecule has 7 nitrogen and oxygen atoms in total. The molecule has 0 spiro atoms. The van der Waals surface area contributed by atoms with E-state index in [1.807, 2.05) is 24.3 Å². The van der Waals surface area contributed by atoms with Crippen molar-refractivity contribution in [2.45, 2.75) is 19.4 Å². The van der Waals surface area contributed by atoms with Gasteiger partial charge < -0.3 is 24.4 Å². The Morgan fingerprint density at radius 3 is 2.61 bits per heavy atom. The van der Waals surface area contributed by atoms with Crippen molar-refractivity contribution in [3.05, 3.63) is 136 Å². The molecule has 2 heterocycles. The Hall–Kier alpha value is -5.55. The van der Waals surface area contributed by atoms with Gasteiger partial charge in [-0.05, 0) is 42.8 Å². The van der Waals surface area contributed by atoms with E-state index in [0.29, 0.717) is 33.8 Å². The normalized spacial score (nSPS) is 14.2. The van der Waals surface area contributed by atoms with Crippen LogP contribution in [0, 0.1) is 24.1 Å². The van der Waals surface area contributed by atoms with Crippen molar-refractivity contribution < 1.29 is 27.8 Å². The zero-order valence-electron chi connectivity index (χ0n) is 21.9. The largest absolute Gasteiger partial charge is 0.489 e. The van der Waals surface area contributed by atoms with Crippen LogP contribution in [0.15, 0.2) is 107 Å². The van der Waals surface area contributed by atoms with Gasteiger partial charge in [0, 0.05) is 28.1 Å². The molecular formula is C33H23FN2O5. The van der Waals surface area contributed by atoms with E-state index in [0.717, 1.165) is 10.9 Å². The number of nitrogens with two attached hydrogens (primary N) is 1. The number of allylic oxidation sites excluding steroid dienone is 1. The molecule has 41 heavy (non-hydrogen) atoms. The number of hydrogen-bond acceptors (Lipinski definition) is 7. The van der Waals surface area contributed by atoms with Crippen LogP contribution < -0.4 is 19.9 Å². The molecule has 1 aliphatic heterocycles. The van der Waals surface area contributed by atoms with E-state index >= 15 is 0 Å². The van der Waals surface area contributed by atoms with Crippen molar-refractivity contribution in [3.63, 3.8) is 0 Å². The van der Waals surface area contributed by atoms with Crippen LogP contribution in [-0.2, 0) is 6.61 Å². The lowest BCUT2D eigenvalue weighted by molar-refractivity contribution is 0.0702. The molecule has 1 aliphatic rings. The summed E-state index contributed by atoms with van der Waals surface area (Å²) in [5.74, 6) is -0.438. The second-order valence-corrected chi connectivity index (χ2v) is 9.52. The summed E-state index contributed by atoms with van der Waals surface area (Å²) in [7, 11) is 0. The molecule has 1 atom stereocenters. The van der Waals surface area contributed by atoms with Crippen LogP contribution in [0.25, 0.3) is 11.0 Å². The van der Waals surface area contributed by atoms with Gasteiger partial charge in [0.1, 0.15) is 46.9 Å². The zero-order chi connectivity index (χ0) is 28.5. The predicted molar refractivity (Wildman–Crippen MR) is 149 cm³/mol. The molecule has 0 aliphatic carbocycles. The minimum atomic E-state index is -0.646. The van der Waals surface area contributed by atoms with Gasteiger partial charge in [-0.2, -0.15) is 5.26 Å². The van der Waals surface area contributed by atoms with Crippen LogP contribution in [0.3, 0.4) is 0 Å². The molecule has 0 saturated heterocycles. The molecular weight excluding hydrogens is 523 g/mol. The van der Waals surface area contributed by atoms with Crippen LogP contribution in [-0.4, -0.2) is 5.97 Å². The number of furan rings is 1. The number of hydrogen-bond donors (Lipinski definition) is 1. The summed E-state index contributed by atoms with van der Waals surface area (Å²) in [6.45, 7) is 1.84. The van der Waals surface area contributed by atoms with E-state index < -0.39 is 11.9 Å². The number of ether oxygens (including phenoxy) is 3. The number of fused-ring (bicyclic) bond motifs is 2. The molecule has 0 radical (unpaired) electrons. The molecule has 1 unspecified atom stereocenters. The Balaban J connectivity index is 1.28. The summed E-state index contributed by atoms with van der Waals surface area (Å²) in [4.78, 5) is 13.0. The van der Waals surface area contributed by atoms with Crippen LogP contribution in [0.2, 0.25) is 0 Å². The SMILES string of the molecule is Cc1c(C(=O)Oc2ccc3c(c2)OC(N)=C(C#N)C3c2cccc(OCc3ccccc3F)c2)oc2ccccc12. The zero-order valence-corrected chi connectivity index (χ0v) is 21.9. The Labute approximate surface area is 234 Å². The molecule has 5 aromatic rings. The monoisotopic (exact) mass is 546 g/mol. The first-order chi connectivity index (χ1) is 19.9. The van der Waals surface area contributed by atoms with Crippen molar-refractivity contribution in [2.24, 2.45) is 5.73 Å². The topological polar surface area (TPSA) is 108 Å². The van der Waals surface area contributed by atoms with Gasteiger partial charge >= 0.3 is 5.97 Å². The Morgan fingerprint density at radius 1 is 1.00 bits per heavy atom. The lowest BCUT2D eigenvalue weighted by Gasteiger charge is -2.27. The second kappa shape index (κ2) is 10.5. The van der Waals surface area contributed by atoms with Gasteiger partial charge in [0.25, 0.3) is 0 Å². The highest BCUT2D eigenvalue weighted by molar-refractivity contribution is 5.96. The number of carbonyl (C=O) groups excluding carboxylic acids is 1. The maximum Gasteiger partial charge on any atom is 0.379 e. The minimum Gasteiger partial charge on any atom is -0.489 e. The molecule has 4 aromatic carbocycles. The summed E-state index contributed by atoms with van der Waals surface area (Å²) < 4.78 is 37.1. The lowest BCUT2D eigenvalue weighted by Crippen LogP contribution is -2.21. The fourth-order valence-electron chi connectivity index (χ4n) is 4.92. The van der Waals surface area contributed by atoms with Crippen LogP contribution >= 0.6 is 0 Å². The highest BCUT2D eigenvalue weighted by Gasteiger charge is 2.31. The fourth-order valence-corrected chi connectivity index (χ4v) is 4.92. The van der Waals surface area contributed by atoms with Gasteiger partial charge in [-0.1, -0.05) is 54.6 Å². The summed E-state index contributed by atoms with van der Waals surface area (Å²) in [5.41, 5.74) is 9.48. The van der Waals surface area contributed by atoms with E-state index in [9.17, 15) is 14.4 Å². The fraction of sp³-hybridized carbons (Fsp3) is 0.0909. The average Bonchev–Trinajstić information content (AvgIpc) is 3.32. The van der Waals surface area contributed by atoms with Gasteiger partial charge in [0.2, 0.25) is 11.6 Å². The number of aryl methyl sites for hydroxylation is 1. The average molecular weight is 547 g/mol. The Bertz CT molecular complexity index is 1880. The third kappa shape index (κ3) is 4.85. The smallest absolute Gasteiger partial charge is 0.379 e. The van der Waals surface area contributed by atoms with Crippen molar-refractivity contribution >= 4 is 16.9 Å². The number of nitriles is 1. The van der Waals surface area contributed by atoms with Gasteiger partial charge in [-0.15, -0.1) is 0 Å². The molecule has 0 saturated carbocycles. The van der Waals surface area contributed by atoms with E-state index in [4.69, 9.17) is 24.4 Å². The Kier molecular flexibility index (Phi) is 6.62. The molecule has 2 N–H and O–H groups in total. The Morgan fingerprint density at radius 2 is 1.80 bits per heavy atom. The molecule has 6 rings (SSSR count). The van der Waals surface area contributed by atoms with Crippen molar-refractivity contribution in [3.8, 4) is 23.3 Å². The standard InChI is InChI=1S/C33H23FN2O5/c1-19-24-10-3-5-12-28(24)40-31(19)33(37)39-23-13-14-25-29(16-23)41-32(36)26(17-35)30(25)20-8-6-9-22(15-20)38-18-21-7-2-4-11-27(21)34/h2-16,30H,18,36H2,1H3. The third-order valence-electron chi connectivity index (χ3n) is 6.97. The predicted octanol–water partition coefficient (Wildman–Crippen LogP) is 6.90. The first-order valence-corrected chi connectivity index (χ1v) is 12.8. The van der Waals surface area contributed by atoms with E-state index in [2.05, 4.69) is 6.07 Å². The number of halogens is 1. The molecule has 0 bridgehead atoms. The quantitative estimate of drug-likeness (QED) is 0.182. The van der Waals surface area contributed by atoms with Crippen molar-refractivity contribution in [1.82, 2.24) is 0 Å². The minimum absolute atomic E-state index is 0.0447. The molecule has 202 valence electrons. The molecule has 8 heteroatoms. The summed E-state index contributed by atoms with van der Waals surface area (Å²) in [5, 5.41) is 10.8. The first kappa shape index (κ1) is 25.7. The first-order valence-electron chi connectivity index (χ1n) is 12.8. The second-order valence-electron chi connectivity index (χ2n) is 9.52. The van der Waals surface area contributed by atoms with Gasteiger partial charge in [-0.3, -0.25) is 0 Å². The van der Waals surface area contributed by atoms with Gasteiger partial charge in [-0.25, -0.2) is 9.18 Å². The number of rotatable bonds is 6. The van der Waals surface area contributed by atoms with Crippen molar-refractivity contribution in [1.29, 1.82) is 5.26 Å². The van der Waals surface area contributed by atoms with Crippen LogP contribution in [0.5, 0.6) is 17.2 Å². The summed E-state index contributed by atoms with van der Waals surface area (Å²) in [6.07, 6.45) is 0. The number of carbonyl (C=O) groups is 1. The number of benzene rings is 4. The summed E-state index contributed by atoms with van der Waals surface area (Å²) >= 11 is 0. The number of nitrogens with zero attached hydrogens (tertiary/aromatic N) is 1. The van der Waals surface area contributed by atoms with Crippen molar-refractivity contribution in [2.75, 3.05) is 0 Å². The number of esters is 1. The number of para-hydroxylation sites is 1. The maximum atomic E-state index is 14.1. The van der Waals surface area contributed by atoms with Crippen LogP contribution in [0.4, 0.5) is 4.39 Å². The maximum absolute atomic E-state index is 14.1. The van der Waals surface area contributed by atoms with E-state index in [1.54, 1.807) is 67.6 Å². The van der Waals surface area contributed by atoms with E-state index in [-0.39, 0.29) is 35.4 Å².